The molecule has 3 heteroatoms. The average Bonchev–Trinajstić information content (AvgIpc) is 2.41. The van der Waals surface area contributed by atoms with Gasteiger partial charge in [0, 0.05) is 11.6 Å². The number of hydrogen-bond acceptors (Lipinski definition) is 2. The first kappa shape index (κ1) is 12.6. The highest BCUT2D eigenvalue weighted by atomic mass is 16.1. The van der Waals surface area contributed by atoms with Crippen LogP contribution >= 0.6 is 0 Å². The van der Waals surface area contributed by atoms with Gasteiger partial charge in [-0.2, -0.15) is 5.26 Å². The highest BCUT2D eigenvalue weighted by Crippen LogP contribution is 2.23. The van der Waals surface area contributed by atoms with Crippen molar-refractivity contribution in [3.8, 4) is 6.07 Å². The molecule has 2 atom stereocenters. The summed E-state index contributed by atoms with van der Waals surface area (Å²) in [5.74, 6) is 0.527. The van der Waals surface area contributed by atoms with E-state index >= 15 is 0 Å². The van der Waals surface area contributed by atoms with Gasteiger partial charge in [0.25, 0.3) is 5.91 Å². The second-order valence-corrected chi connectivity index (χ2v) is 5.03. The number of benzene rings is 1. The smallest absolute Gasteiger partial charge is 0.251 e. The number of amides is 1. The van der Waals surface area contributed by atoms with Crippen LogP contribution in [0.4, 0.5) is 0 Å². The van der Waals surface area contributed by atoms with Crippen LogP contribution in [0.25, 0.3) is 0 Å². The Hall–Kier alpha value is -1.82. The molecule has 2 rings (SSSR count). The van der Waals surface area contributed by atoms with Gasteiger partial charge < -0.3 is 5.32 Å². The Morgan fingerprint density at radius 3 is 2.56 bits per heavy atom. The Labute approximate surface area is 108 Å². The molecule has 0 aliphatic heterocycles. The van der Waals surface area contributed by atoms with Gasteiger partial charge in [0.15, 0.2) is 0 Å². The van der Waals surface area contributed by atoms with Crippen LogP contribution in [-0.4, -0.2) is 11.9 Å². The van der Waals surface area contributed by atoms with Crippen LogP contribution < -0.4 is 5.32 Å². The highest BCUT2D eigenvalue weighted by molar-refractivity contribution is 5.94. The van der Waals surface area contributed by atoms with E-state index in [4.69, 9.17) is 5.26 Å². The maximum Gasteiger partial charge on any atom is 0.251 e. The van der Waals surface area contributed by atoms with Gasteiger partial charge in [-0.05, 0) is 43.0 Å². The van der Waals surface area contributed by atoms with Crippen LogP contribution in [0.15, 0.2) is 24.3 Å². The van der Waals surface area contributed by atoms with Crippen LogP contribution in [0, 0.1) is 17.2 Å². The number of nitrogens with zero attached hydrogens (tertiary/aromatic N) is 1. The lowest BCUT2D eigenvalue weighted by molar-refractivity contribution is 0.0910. The summed E-state index contributed by atoms with van der Waals surface area (Å²) >= 11 is 0. The van der Waals surface area contributed by atoms with E-state index in [-0.39, 0.29) is 5.91 Å². The van der Waals surface area contributed by atoms with Crippen LogP contribution in [0.3, 0.4) is 0 Å². The minimum atomic E-state index is -0.0294. The third kappa shape index (κ3) is 2.89. The standard InChI is InChI=1S/C15H18N2O/c1-11-4-2-3-5-14(11)17-15(18)13-8-6-12(10-16)7-9-13/h6-9,11,14H,2-5H2,1H3,(H,17,18)/t11-,14-/m1/s1. The van der Waals surface area contributed by atoms with Crippen molar-refractivity contribution >= 4 is 5.91 Å². The Morgan fingerprint density at radius 1 is 1.28 bits per heavy atom. The molecule has 1 aromatic carbocycles. The van der Waals surface area contributed by atoms with Crippen LogP contribution in [0.5, 0.6) is 0 Å². The molecule has 0 aromatic heterocycles. The number of carbonyl (C=O) groups is 1. The fourth-order valence-corrected chi connectivity index (χ4v) is 2.48. The summed E-state index contributed by atoms with van der Waals surface area (Å²) < 4.78 is 0. The van der Waals surface area contributed by atoms with Crippen LogP contribution in [0.2, 0.25) is 0 Å². The lowest BCUT2D eigenvalue weighted by Crippen LogP contribution is -2.41. The zero-order valence-corrected chi connectivity index (χ0v) is 10.6. The first-order valence-electron chi connectivity index (χ1n) is 6.51. The summed E-state index contributed by atoms with van der Waals surface area (Å²) in [6, 6.07) is 9.12. The third-order valence-corrected chi connectivity index (χ3v) is 3.70. The molecule has 1 fully saturated rings. The molecule has 1 N–H and O–H groups in total. The summed E-state index contributed by atoms with van der Waals surface area (Å²) in [6.45, 7) is 2.20. The Bertz CT molecular complexity index is 458. The lowest BCUT2D eigenvalue weighted by atomic mass is 9.86. The fraction of sp³-hybridized carbons (Fsp3) is 0.467. The van der Waals surface area contributed by atoms with E-state index in [2.05, 4.69) is 12.2 Å². The predicted octanol–water partition coefficient (Wildman–Crippen LogP) is 2.87. The minimum Gasteiger partial charge on any atom is -0.349 e. The van der Waals surface area contributed by atoms with Crippen molar-refractivity contribution in [2.45, 2.75) is 38.6 Å². The first-order chi connectivity index (χ1) is 8.70. The molecule has 1 aromatic rings. The highest BCUT2D eigenvalue weighted by Gasteiger charge is 2.23. The maximum absolute atomic E-state index is 12.1. The molecule has 3 nitrogen and oxygen atoms in total. The summed E-state index contributed by atoms with van der Waals surface area (Å²) in [5.41, 5.74) is 1.21. The zero-order chi connectivity index (χ0) is 13.0. The van der Waals surface area contributed by atoms with E-state index in [1.54, 1.807) is 24.3 Å². The molecule has 0 spiro atoms. The van der Waals surface area contributed by atoms with Gasteiger partial charge in [-0.3, -0.25) is 4.79 Å². The molecular weight excluding hydrogens is 224 g/mol. The van der Waals surface area contributed by atoms with Crippen molar-refractivity contribution in [2.75, 3.05) is 0 Å². The van der Waals surface area contributed by atoms with Gasteiger partial charge in [0.2, 0.25) is 0 Å². The molecule has 0 heterocycles. The fourth-order valence-electron chi connectivity index (χ4n) is 2.48. The summed E-state index contributed by atoms with van der Waals surface area (Å²) in [4.78, 5) is 12.1. The SMILES string of the molecule is C[C@@H]1CCCC[C@H]1NC(=O)c1ccc(C#N)cc1. The molecule has 1 amide bonds. The van der Waals surface area contributed by atoms with E-state index in [0.717, 1.165) is 6.42 Å². The van der Waals surface area contributed by atoms with E-state index in [1.165, 1.54) is 19.3 Å². The zero-order valence-electron chi connectivity index (χ0n) is 10.6. The van der Waals surface area contributed by atoms with Crippen molar-refractivity contribution in [3.05, 3.63) is 35.4 Å². The first-order valence-corrected chi connectivity index (χ1v) is 6.51. The maximum atomic E-state index is 12.1. The van der Waals surface area contributed by atoms with Crippen molar-refractivity contribution in [1.82, 2.24) is 5.32 Å². The van der Waals surface area contributed by atoms with E-state index in [1.807, 2.05) is 6.07 Å². The Balaban J connectivity index is 2.00. The Morgan fingerprint density at radius 2 is 1.94 bits per heavy atom. The monoisotopic (exact) mass is 242 g/mol. The van der Waals surface area contributed by atoms with Gasteiger partial charge >= 0.3 is 0 Å². The predicted molar refractivity (Wildman–Crippen MR) is 70.0 cm³/mol. The van der Waals surface area contributed by atoms with E-state index in [9.17, 15) is 4.79 Å². The largest absolute Gasteiger partial charge is 0.349 e. The van der Waals surface area contributed by atoms with Gasteiger partial charge in [-0.1, -0.05) is 19.8 Å². The molecule has 0 radical (unpaired) electrons. The van der Waals surface area contributed by atoms with Crippen LogP contribution in [0.1, 0.15) is 48.5 Å². The summed E-state index contributed by atoms with van der Waals surface area (Å²) in [6.07, 6.45) is 4.73. The molecule has 94 valence electrons. The van der Waals surface area contributed by atoms with Gasteiger partial charge in [0.05, 0.1) is 11.6 Å². The summed E-state index contributed by atoms with van der Waals surface area (Å²) in [5, 5.41) is 11.8. The molecule has 0 bridgehead atoms. The molecule has 1 aliphatic rings. The number of carbonyl (C=O) groups excluding carboxylic acids is 1. The molecule has 0 saturated heterocycles. The normalized spacial score (nSPS) is 23.1. The molecule has 1 aliphatic carbocycles. The number of nitriles is 1. The van der Waals surface area contributed by atoms with Crippen molar-refractivity contribution in [1.29, 1.82) is 5.26 Å². The quantitative estimate of drug-likeness (QED) is 0.867. The molecule has 0 unspecified atom stereocenters. The van der Waals surface area contributed by atoms with E-state index < -0.39 is 0 Å². The van der Waals surface area contributed by atoms with E-state index in [0.29, 0.717) is 23.1 Å². The minimum absolute atomic E-state index is 0.0294. The van der Waals surface area contributed by atoms with Crippen LogP contribution in [-0.2, 0) is 0 Å². The molecule has 18 heavy (non-hydrogen) atoms. The number of hydrogen-bond donors (Lipinski definition) is 1. The molecule has 1 saturated carbocycles. The lowest BCUT2D eigenvalue weighted by Gasteiger charge is -2.29. The van der Waals surface area contributed by atoms with Crippen molar-refractivity contribution in [2.24, 2.45) is 5.92 Å². The average molecular weight is 242 g/mol. The number of rotatable bonds is 2. The van der Waals surface area contributed by atoms with Gasteiger partial charge in [0.1, 0.15) is 0 Å². The Kier molecular flexibility index (Phi) is 3.99. The van der Waals surface area contributed by atoms with Gasteiger partial charge in [-0.15, -0.1) is 0 Å². The molecular formula is C15H18N2O. The topological polar surface area (TPSA) is 52.9 Å². The van der Waals surface area contributed by atoms with Crippen molar-refractivity contribution in [3.63, 3.8) is 0 Å². The number of nitrogens with one attached hydrogen (secondary N) is 1. The summed E-state index contributed by atoms with van der Waals surface area (Å²) in [7, 11) is 0. The van der Waals surface area contributed by atoms with Gasteiger partial charge in [-0.25, -0.2) is 0 Å². The second-order valence-electron chi connectivity index (χ2n) is 5.03. The second kappa shape index (κ2) is 5.68. The third-order valence-electron chi connectivity index (χ3n) is 3.70. The van der Waals surface area contributed by atoms with Crippen molar-refractivity contribution < 1.29 is 4.79 Å².